The molecule has 116 valence electrons. The van der Waals surface area contributed by atoms with E-state index in [-0.39, 0.29) is 5.91 Å². The van der Waals surface area contributed by atoms with Crippen molar-refractivity contribution >= 4 is 33.2 Å². The molecular formula is C15H22BrN3O2. The van der Waals surface area contributed by atoms with E-state index in [2.05, 4.69) is 26.1 Å². The van der Waals surface area contributed by atoms with Crippen LogP contribution in [0.15, 0.2) is 22.7 Å². The third-order valence-corrected chi connectivity index (χ3v) is 4.00. The minimum absolute atomic E-state index is 0.135. The second kappa shape index (κ2) is 7.77. The fourth-order valence-electron chi connectivity index (χ4n) is 2.36. The van der Waals surface area contributed by atoms with Crippen molar-refractivity contribution in [3.8, 4) is 0 Å². The van der Waals surface area contributed by atoms with Gasteiger partial charge in [-0.25, -0.2) is 0 Å². The minimum Gasteiger partial charge on any atom is -0.378 e. The molecule has 2 rings (SSSR count). The first-order chi connectivity index (χ1) is 10.1. The van der Waals surface area contributed by atoms with Crippen molar-refractivity contribution in [3.05, 3.63) is 22.7 Å². The summed E-state index contributed by atoms with van der Waals surface area (Å²) >= 11 is 3.45. The summed E-state index contributed by atoms with van der Waals surface area (Å²) < 4.78 is 6.31. The van der Waals surface area contributed by atoms with Gasteiger partial charge in [-0.05, 0) is 24.6 Å². The van der Waals surface area contributed by atoms with Gasteiger partial charge >= 0.3 is 0 Å². The molecule has 6 heteroatoms. The molecule has 0 radical (unpaired) electrons. The summed E-state index contributed by atoms with van der Waals surface area (Å²) in [5, 5.41) is 2.96. The van der Waals surface area contributed by atoms with Crippen LogP contribution in [-0.2, 0) is 9.53 Å². The van der Waals surface area contributed by atoms with E-state index >= 15 is 0 Å². The number of morpholine rings is 1. The van der Waals surface area contributed by atoms with Crippen molar-refractivity contribution in [1.29, 1.82) is 0 Å². The molecule has 21 heavy (non-hydrogen) atoms. The van der Waals surface area contributed by atoms with Crippen molar-refractivity contribution < 1.29 is 9.53 Å². The van der Waals surface area contributed by atoms with Crippen molar-refractivity contribution in [2.45, 2.75) is 25.8 Å². The number of hydrogen-bond acceptors (Lipinski definition) is 4. The van der Waals surface area contributed by atoms with Crippen LogP contribution in [0.2, 0.25) is 0 Å². The molecule has 1 heterocycles. The molecule has 5 nitrogen and oxygen atoms in total. The SMILES string of the molecule is CCCC(N)C(=O)Nc1cc(Br)ccc1N1CCOCC1. The van der Waals surface area contributed by atoms with Gasteiger partial charge in [0.1, 0.15) is 0 Å². The van der Waals surface area contributed by atoms with Gasteiger partial charge in [-0.3, -0.25) is 4.79 Å². The van der Waals surface area contributed by atoms with E-state index < -0.39 is 6.04 Å². The summed E-state index contributed by atoms with van der Waals surface area (Å²) in [6, 6.07) is 5.44. The van der Waals surface area contributed by atoms with E-state index in [4.69, 9.17) is 10.5 Å². The fourth-order valence-corrected chi connectivity index (χ4v) is 2.72. The summed E-state index contributed by atoms with van der Waals surface area (Å²) in [6.45, 7) is 5.08. The Morgan fingerprint density at radius 1 is 1.48 bits per heavy atom. The Kier molecular flexibility index (Phi) is 6.02. The Morgan fingerprint density at radius 2 is 2.19 bits per heavy atom. The molecule has 0 aromatic heterocycles. The minimum atomic E-state index is -0.466. The van der Waals surface area contributed by atoms with E-state index in [1.165, 1.54) is 0 Å². The predicted molar refractivity (Wildman–Crippen MR) is 88.7 cm³/mol. The van der Waals surface area contributed by atoms with Crippen molar-refractivity contribution in [2.24, 2.45) is 5.73 Å². The smallest absolute Gasteiger partial charge is 0.241 e. The molecule has 1 aromatic rings. The lowest BCUT2D eigenvalue weighted by Gasteiger charge is -2.30. The zero-order valence-corrected chi connectivity index (χ0v) is 13.9. The maximum Gasteiger partial charge on any atom is 0.241 e. The number of nitrogens with one attached hydrogen (secondary N) is 1. The maximum atomic E-state index is 12.2. The number of halogens is 1. The zero-order chi connectivity index (χ0) is 15.2. The highest BCUT2D eigenvalue weighted by Gasteiger charge is 2.18. The highest BCUT2D eigenvalue weighted by atomic mass is 79.9. The van der Waals surface area contributed by atoms with Crippen molar-refractivity contribution in [1.82, 2.24) is 0 Å². The molecule has 0 aliphatic carbocycles. The molecule has 3 N–H and O–H groups in total. The average molecular weight is 356 g/mol. The Hall–Kier alpha value is -1.11. The molecule has 0 saturated carbocycles. The van der Waals surface area contributed by atoms with Gasteiger partial charge in [0.15, 0.2) is 0 Å². The number of rotatable bonds is 5. The van der Waals surface area contributed by atoms with Gasteiger partial charge in [0.05, 0.1) is 30.6 Å². The lowest BCUT2D eigenvalue weighted by Crippen LogP contribution is -2.38. The van der Waals surface area contributed by atoms with Gasteiger partial charge in [0.25, 0.3) is 0 Å². The average Bonchev–Trinajstić information content (AvgIpc) is 2.48. The molecule has 0 bridgehead atoms. The van der Waals surface area contributed by atoms with Crippen molar-refractivity contribution in [2.75, 3.05) is 36.5 Å². The molecule has 1 aliphatic heterocycles. The van der Waals surface area contributed by atoms with E-state index in [0.717, 1.165) is 35.4 Å². The molecule has 1 unspecified atom stereocenters. The van der Waals surface area contributed by atoms with Gasteiger partial charge in [-0.2, -0.15) is 0 Å². The molecule has 1 atom stereocenters. The molecule has 0 spiro atoms. The number of hydrogen-bond donors (Lipinski definition) is 2. The molecule has 1 amide bonds. The topological polar surface area (TPSA) is 67.6 Å². The number of anilines is 2. The van der Waals surface area contributed by atoms with E-state index in [0.29, 0.717) is 19.6 Å². The highest BCUT2D eigenvalue weighted by Crippen LogP contribution is 2.30. The number of nitrogens with zero attached hydrogens (tertiary/aromatic N) is 1. The Balaban J connectivity index is 2.16. The van der Waals surface area contributed by atoms with Crippen LogP contribution in [0.3, 0.4) is 0 Å². The maximum absolute atomic E-state index is 12.2. The summed E-state index contributed by atoms with van der Waals surface area (Å²) in [5.41, 5.74) is 7.69. The van der Waals surface area contributed by atoms with Crippen LogP contribution >= 0.6 is 15.9 Å². The number of carbonyl (C=O) groups is 1. The first-order valence-corrected chi connectivity index (χ1v) is 8.09. The van der Waals surface area contributed by atoms with E-state index in [1.54, 1.807) is 0 Å². The fraction of sp³-hybridized carbons (Fsp3) is 0.533. The molecule has 1 aliphatic rings. The first-order valence-electron chi connectivity index (χ1n) is 7.30. The largest absolute Gasteiger partial charge is 0.378 e. The third-order valence-electron chi connectivity index (χ3n) is 3.50. The number of benzene rings is 1. The summed E-state index contributed by atoms with van der Waals surface area (Å²) in [4.78, 5) is 14.4. The van der Waals surface area contributed by atoms with Crippen LogP contribution in [0.5, 0.6) is 0 Å². The van der Waals surface area contributed by atoms with E-state index in [1.807, 2.05) is 25.1 Å². The summed E-state index contributed by atoms with van der Waals surface area (Å²) in [5.74, 6) is -0.135. The quantitative estimate of drug-likeness (QED) is 0.850. The molecular weight excluding hydrogens is 334 g/mol. The second-order valence-electron chi connectivity index (χ2n) is 5.15. The summed E-state index contributed by atoms with van der Waals surface area (Å²) in [7, 11) is 0. The lowest BCUT2D eigenvalue weighted by atomic mass is 10.1. The molecule has 1 fully saturated rings. The number of nitrogens with two attached hydrogens (primary N) is 1. The van der Waals surface area contributed by atoms with Crippen LogP contribution in [0.25, 0.3) is 0 Å². The highest BCUT2D eigenvalue weighted by molar-refractivity contribution is 9.10. The Morgan fingerprint density at radius 3 is 2.86 bits per heavy atom. The molecule has 1 aromatic carbocycles. The second-order valence-corrected chi connectivity index (χ2v) is 6.06. The van der Waals surface area contributed by atoms with Crippen molar-refractivity contribution in [3.63, 3.8) is 0 Å². The van der Waals surface area contributed by atoms with Crippen LogP contribution in [0, 0.1) is 0 Å². The van der Waals surface area contributed by atoms with E-state index in [9.17, 15) is 4.79 Å². The van der Waals surface area contributed by atoms with Gasteiger partial charge < -0.3 is 20.7 Å². The van der Waals surface area contributed by atoms with Crippen LogP contribution in [-0.4, -0.2) is 38.3 Å². The lowest BCUT2D eigenvalue weighted by molar-refractivity contribution is -0.117. The zero-order valence-electron chi connectivity index (χ0n) is 12.3. The monoisotopic (exact) mass is 355 g/mol. The number of amides is 1. The van der Waals surface area contributed by atoms with Crippen LogP contribution in [0.4, 0.5) is 11.4 Å². The standard InChI is InChI=1S/C15H22BrN3O2/c1-2-3-12(17)15(20)18-13-10-11(16)4-5-14(13)19-6-8-21-9-7-19/h4-5,10,12H,2-3,6-9,17H2,1H3,(H,18,20). The Labute approximate surface area is 134 Å². The van der Waals surface area contributed by atoms with Gasteiger partial charge in [0, 0.05) is 17.6 Å². The normalized spacial score (nSPS) is 16.6. The first kappa shape index (κ1) is 16.3. The van der Waals surface area contributed by atoms with Gasteiger partial charge in [0.2, 0.25) is 5.91 Å². The third kappa shape index (κ3) is 4.43. The van der Waals surface area contributed by atoms with Gasteiger partial charge in [-0.1, -0.05) is 29.3 Å². The number of ether oxygens (including phenoxy) is 1. The van der Waals surface area contributed by atoms with Crippen LogP contribution < -0.4 is 16.0 Å². The Bertz CT molecular complexity index is 490. The van der Waals surface area contributed by atoms with Crippen LogP contribution in [0.1, 0.15) is 19.8 Å². The summed E-state index contributed by atoms with van der Waals surface area (Å²) in [6.07, 6.45) is 1.58. The molecule has 1 saturated heterocycles. The predicted octanol–water partition coefficient (Wildman–Crippen LogP) is 2.35. The van der Waals surface area contributed by atoms with Gasteiger partial charge in [-0.15, -0.1) is 0 Å². The number of carbonyl (C=O) groups excluding carboxylic acids is 1.